The molecular formula is C18H26BrCl3O2Si2. The van der Waals surface area contributed by atoms with Gasteiger partial charge in [-0.1, -0.05) is 41.2 Å². The molecule has 146 valence electrons. The summed E-state index contributed by atoms with van der Waals surface area (Å²) in [6.45, 7) is 6.26. The zero-order valence-corrected chi connectivity index (χ0v) is 21.8. The van der Waals surface area contributed by atoms with Crippen LogP contribution in [0.1, 0.15) is 0 Å². The Balaban J connectivity index is 0.000000394. The molecule has 0 aliphatic rings. The third-order valence-corrected chi connectivity index (χ3v) is 5.72. The Bertz CT molecular complexity index is 619. The summed E-state index contributed by atoms with van der Waals surface area (Å²) in [4.78, 5) is 0. The highest BCUT2D eigenvalue weighted by Crippen LogP contribution is 2.15. The first kappa shape index (κ1) is 25.8. The molecule has 0 radical (unpaired) electrons. The lowest BCUT2D eigenvalue weighted by Crippen LogP contribution is -2.34. The second-order valence-electron chi connectivity index (χ2n) is 6.19. The van der Waals surface area contributed by atoms with Gasteiger partial charge >= 0.3 is 0 Å². The Morgan fingerprint density at radius 1 is 0.692 bits per heavy atom. The van der Waals surface area contributed by atoms with Crippen molar-refractivity contribution in [3.05, 3.63) is 53.0 Å². The summed E-state index contributed by atoms with van der Waals surface area (Å²) in [5.41, 5.74) is 0. The molecule has 0 saturated heterocycles. The second-order valence-corrected chi connectivity index (χ2v) is 22.4. The molecule has 0 fully saturated rings. The third-order valence-electron chi connectivity index (χ3n) is 2.83. The van der Waals surface area contributed by atoms with Crippen LogP contribution in [0.15, 0.2) is 53.0 Å². The van der Waals surface area contributed by atoms with Crippen LogP contribution >= 0.6 is 49.2 Å². The predicted octanol–water partition coefficient (Wildman–Crippen LogP) is 6.97. The summed E-state index contributed by atoms with van der Waals surface area (Å²) in [7, 11) is 1.67. The molecule has 2 nitrogen and oxygen atoms in total. The molecule has 0 saturated carbocycles. The van der Waals surface area contributed by atoms with Crippen molar-refractivity contribution in [1.82, 2.24) is 0 Å². The molecule has 0 atom stereocenters. The molecule has 26 heavy (non-hydrogen) atoms. The van der Waals surface area contributed by atoms with E-state index in [0.717, 1.165) is 16.0 Å². The lowest BCUT2D eigenvalue weighted by atomic mass is 10.3. The molecule has 0 aliphatic carbocycles. The van der Waals surface area contributed by atoms with Crippen molar-refractivity contribution >= 4 is 68.4 Å². The van der Waals surface area contributed by atoms with Crippen LogP contribution < -0.4 is 14.7 Å². The largest absolute Gasteiger partial charge is 0.497 e. The average molecular weight is 517 g/mol. The highest BCUT2D eigenvalue weighted by Gasteiger charge is 2.19. The third kappa shape index (κ3) is 14.0. The van der Waals surface area contributed by atoms with Crippen molar-refractivity contribution in [2.24, 2.45) is 0 Å². The number of hydrogen-bond acceptors (Lipinski definition) is 2. The molecule has 2 aromatic rings. The van der Waals surface area contributed by atoms with E-state index in [1.165, 1.54) is 5.19 Å². The zero-order chi connectivity index (χ0) is 20.4. The smallest absolute Gasteiger partial charge is 0.245 e. The minimum absolute atomic E-state index is 0.883. The summed E-state index contributed by atoms with van der Waals surface area (Å²) in [6, 6.07) is 15.7. The number of hydrogen-bond donors (Lipinski definition) is 0. The fourth-order valence-corrected chi connectivity index (χ4v) is 3.16. The number of halogens is 4. The summed E-state index contributed by atoms with van der Waals surface area (Å²) in [6.07, 6.45) is 0. The van der Waals surface area contributed by atoms with Gasteiger partial charge in [0.05, 0.1) is 14.2 Å². The molecule has 0 spiro atoms. The Labute approximate surface area is 182 Å². The van der Waals surface area contributed by atoms with E-state index in [1.807, 2.05) is 61.6 Å². The Morgan fingerprint density at radius 3 is 1.27 bits per heavy atom. The Morgan fingerprint density at radius 2 is 1.00 bits per heavy atom. The minimum atomic E-state index is -1.67. The SMILES string of the molecule is COc1ccc(Br)cc1.COc1ccc([Si](C)(C)Cl)cc1.C[Si](C)(Cl)Cl. The van der Waals surface area contributed by atoms with Gasteiger partial charge in [-0.25, -0.2) is 0 Å². The minimum Gasteiger partial charge on any atom is -0.497 e. The fraction of sp³-hybridized carbons (Fsp3) is 0.333. The van der Waals surface area contributed by atoms with E-state index in [1.54, 1.807) is 14.2 Å². The van der Waals surface area contributed by atoms with Crippen LogP contribution in [0.2, 0.25) is 26.2 Å². The van der Waals surface area contributed by atoms with Gasteiger partial charge in [-0.05, 0) is 54.7 Å². The highest BCUT2D eigenvalue weighted by atomic mass is 79.9. The van der Waals surface area contributed by atoms with Crippen molar-refractivity contribution in [1.29, 1.82) is 0 Å². The molecule has 8 heteroatoms. The maximum absolute atomic E-state index is 6.25. The molecule has 0 aliphatic heterocycles. The highest BCUT2D eigenvalue weighted by molar-refractivity contribution is 9.10. The first-order valence-electron chi connectivity index (χ1n) is 7.87. The molecule has 0 amide bonds. The van der Waals surface area contributed by atoms with Crippen LogP contribution in [0.5, 0.6) is 11.5 Å². The monoisotopic (exact) mass is 514 g/mol. The molecule has 2 aromatic carbocycles. The molecule has 2 rings (SSSR count). The van der Waals surface area contributed by atoms with Crippen LogP contribution in [-0.2, 0) is 0 Å². The molecule has 0 N–H and O–H groups in total. The normalized spacial score (nSPS) is 10.7. The lowest BCUT2D eigenvalue weighted by molar-refractivity contribution is 0.414. The van der Waals surface area contributed by atoms with E-state index in [4.69, 9.17) is 42.7 Å². The zero-order valence-electron chi connectivity index (χ0n) is 15.9. The van der Waals surface area contributed by atoms with E-state index in [9.17, 15) is 0 Å². The summed E-state index contributed by atoms with van der Waals surface area (Å²) in [5.74, 6) is 1.77. The lowest BCUT2D eigenvalue weighted by Gasteiger charge is -2.13. The van der Waals surface area contributed by atoms with Gasteiger partial charge in [-0.3, -0.25) is 0 Å². The van der Waals surface area contributed by atoms with Crippen molar-refractivity contribution < 1.29 is 9.47 Å². The number of benzene rings is 2. The van der Waals surface area contributed by atoms with Gasteiger partial charge in [-0.15, -0.1) is 22.2 Å². The predicted molar refractivity (Wildman–Crippen MR) is 126 cm³/mol. The van der Waals surface area contributed by atoms with Gasteiger partial charge in [-0.2, -0.15) is 11.1 Å². The standard InChI is InChI=1S/C9H13ClOSi.C7H7BrO.C2H6Cl2Si/c1-11-8-4-6-9(7-5-8)12(2,3)10;1-9-7-4-2-6(8)3-5-7;1-5(2,3)4/h4-7H,1-3H3;2-5H,1H3;1-2H3. The molecule has 0 bridgehead atoms. The number of ether oxygens (including phenoxy) is 2. The van der Waals surface area contributed by atoms with Gasteiger partial charge in [0.15, 0.2) is 7.38 Å². The van der Waals surface area contributed by atoms with E-state index in [-0.39, 0.29) is 0 Å². The first-order chi connectivity index (χ1) is 11.9. The van der Waals surface area contributed by atoms with Gasteiger partial charge in [0.1, 0.15) is 11.5 Å². The Hall–Kier alpha value is -0.176. The van der Waals surface area contributed by atoms with Crippen molar-refractivity contribution in [2.45, 2.75) is 26.2 Å². The van der Waals surface area contributed by atoms with Gasteiger partial charge < -0.3 is 9.47 Å². The van der Waals surface area contributed by atoms with Crippen LogP contribution in [0, 0.1) is 0 Å². The van der Waals surface area contributed by atoms with E-state index in [2.05, 4.69) is 29.0 Å². The van der Waals surface area contributed by atoms with E-state index in [0.29, 0.717) is 0 Å². The maximum atomic E-state index is 6.25. The van der Waals surface area contributed by atoms with Crippen molar-refractivity contribution in [3.63, 3.8) is 0 Å². The summed E-state index contributed by atoms with van der Waals surface area (Å²) < 4.78 is 11.1. The van der Waals surface area contributed by atoms with Gasteiger partial charge in [0, 0.05) is 4.47 Å². The molecular weight excluding hydrogens is 491 g/mol. The summed E-state index contributed by atoms with van der Waals surface area (Å²) in [5, 5.41) is 1.24. The molecule has 0 unspecified atom stereocenters. The van der Waals surface area contributed by atoms with E-state index < -0.39 is 14.1 Å². The Kier molecular flexibility index (Phi) is 12.2. The maximum Gasteiger partial charge on any atom is 0.245 e. The van der Waals surface area contributed by atoms with Gasteiger partial charge in [0.25, 0.3) is 0 Å². The van der Waals surface area contributed by atoms with Crippen LogP contribution in [-0.4, -0.2) is 28.3 Å². The van der Waals surface area contributed by atoms with Crippen LogP contribution in [0.25, 0.3) is 0 Å². The van der Waals surface area contributed by atoms with Crippen LogP contribution in [0.4, 0.5) is 0 Å². The quantitative estimate of drug-likeness (QED) is 0.324. The average Bonchev–Trinajstić information content (AvgIpc) is 2.54. The molecule has 0 aromatic heterocycles. The fourth-order valence-electron chi connectivity index (χ4n) is 1.56. The van der Waals surface area contributed by atoms with E-state index >= 15 is 0 Å². The summed E-state index contributed by atoms with van der Waals surface area (Å²) >= 11 is 20.4. The second kappa shape index (κ2) is 12.3. The van der Waals surface area contributed by atoms with Crippen LogP contribution in [0.3, 0.4) is 0 Å². The first-order valence-corrected chi connectivity index (χ1v) is 17.7. The number of methoxy groups -OCH3 is 2. The van der Waals surface area contributed by atoms with Gasteiger partial charge in [0.2, 0.25) is 6.69 Å². The van der Waals surface area contributed by atoms with Crippen molar-refractivity contribution in [3.8, 4) is 11.5 Å². The topological polar surface area (TPSA) is 18.5 Å². The molecule has 0 heterocycles. The number of rotatable bonds is 3. The van der Waals surface area contributed by atoms with Crippen molar-refractivity contribution in [2.75, 3.05) is 14.2 Å².